The first-order valence-electron chi connectivity index (χ1n) is 12.3. The number of amides is 2. The number of rotatable bonds is 7. The molecule has 1 fully saturated rings. The second-order valence-corrected chi connectivity index (χ2v) is 9.52. The predicted molar refractivity (Wildman–Crippen MR) is 156 cm³/mol. The van der Waals surface area contributed by atoms with Crippen molar-refractivity contribution < 1.29 is 9.59 Å². The van der Waals surface area contributed by atoms with E-state index in [1.54, 1.807) is 41.4 Å². The van der Waals surface area contributed by atoms with E-state index in [0.717, 1.165) is 45.6 Å². The molecule has 200 valence electrons. The number of piperazine rings is 1. The maximum atomic E-state index is 13.6. The van der Waals surface area contributed by atoms with Gasteiger partial charge in [-0.15, -0.1) is 24.8 Å². The van der Waals surface area contributed by atoms with Crippen LogP contribution in [0.4, 0.5) is 17.2 Å². The highest BCUT2D eigenvalue weighted by molar-refractivity contribution is 6.17. The van der Waals surface area contributed by atoms with E-state index in [-0.39, 0.29) is 43.2 Å². The van der Waals surface area contributed by atoms with Crippen LogP contribution in [0.1, 0.15) is 44.0 Å². The second kappa shape index (κ2) is 14.3. The quantitative estimate of drug-likeness (QED) is 0.467. The van der Waals surface area contributed by atoms with E-state index < -0.39 is 0 Å². The molecular weight excluding hydrogens is 509 g/mol. The first kappa shape index (κ1) is 30.5. The van der Waals surface area contributed by atoms with Crippen molar-refractivity contribution in [2.75, 3.05) is 49.5 Å². The summed E-state index contributed by atoms with van der Waals surface area (Å²) in [4.78, 5) is 37.0. The zero-order valence-electron chi connectivity index (χ0n) is 21.8. The fraction of sp³-hybridized carbons (Fsp3) is 0.393. The number of anilines is 3. The van der Waals surface area contributed by atoms with Crippen molar-refractivity contribution in [2.45, 2.75) is 33.6 Å². The van der Waals surface area contributed by atoms with Crippen molar-refractivity contribution in [3.63, 3.8) is 0 Å². The molecule has 0 bridgehead atoms. The van der Waals surface area contributed by atoms with E-state index >= 15 is 0 Å². The number of halogens is 2. The summed E-state index contributed by atoms with van der Waals surface area (Å²) >= 11 is 0. The second-order valence-electron chi connectivity index (χ2n) is 9.52. The minimum atomic E-state index is -0.233. The third kappa shape index (κ3) is 7.89. The van der Waals surface area contributed by atoms with Crippen molar-refractivity contribution in [1.29, 1.82) is 0 Å². The normalized spacial score (nSPS) is 15.8. The fourth-order valence-electron chi connectivity index (χ4n) is 4.46. The Morgan fingerprint density at radius 2 is 1.68 bits per heavy atom. The number of nitrogens with zero attached hydrogens (tertiary/aromatic N) is 4. The van der Waals surface area contributed by atoms with E-state index in [1.165, 1.54) is 11.1 Å². The van der Waals surface area contributed by atoms with Gasteiger partial charge in [0.05, 0.1) is 23.5 Å². The van der Waals surface area contributed by atoms with Gasteiger partial charge in [-0.2, -0.15) is 0 Å². The molecule has 37 heavy (non-hydrogen) atoms. The van der Waals surface area contributed by atoms with Crippen LogP contribution < -0.4 is 10.2 Å². The van der Waals surface area contributed by atoms with Crippen molar-refractivity contribution in [2.24, 2.45) is 0 Å². The summed E-state index contributed by atoms with van der Waals surface area (Å²) in [7, 11) is 0. The van der Waals surface area contributed by atoms with Crippen LogP contribution in [0.25, 0.3) is 0 Å². The number of aromatic nitrogens is 1. The topological polar surface area (TPSA) is 68.8 Å². The van der Waals surface area contributed by atoms with E-state index in [9.17, 15) is 9.59 Å². The number of fused-ring (bicyclic) bond motifs is 2. The molecule has 7 nitrogen and oxygen atoms in total. The summed E-state index contributed by atoms with van der Waals surface area (Å²) in [6, 6.07) is 10.7. The van der Waals surface area contributed by atoms with Crippen LogP contribution in [0.15, 0.2) is 65.9 Å². The van der Waals surface area contributed by atoms with Gasteiger partial charge in [-0.3, -0.25) is 24.3 Å². The Morgan fingerprint density at radius 1 is 0.973 bits per heavy atom. The molecular formula is C28H37Cl2N5O2. The highest BCUT2D eigenvalue weighted by atomic mass is 35.5. The molecule has 2 aromatic rings. The molecule has 2 aliphatic rings. The van der Waals surface area contributed by atoms with E-state index in [1.807, 2.05) is 6.07 Å². The van der Waals surface area contributed by atoms with Crippen LogP contribution in [0, 0.1) is 0 Å². The molecule has 2 amide bonds. The lowest BCUT2D eigenvalue weighted by molar-refractivity contribution is -0.119. The predicted octanol–water partition coefficient (Wildman–Crippen LogP) is 5.47. The lowest BCUT2D eigenvalue weighted by atomic mass is 10.1. The summed E-state index contributed by atoms with van der Waals surface area (Å²) in [6.45, 7) is 11.2. The average Bonchev–Trinajstić information content (AvgIpc) is 2.97. The van der Waals surface area contributed by atoms with Crippen molar-refractivity contribution in [1.82, 2.24) is 14.8 Å². The molecule has 1 aromatic carbocycles. The van der Waals surface area contributed by atoms with Gasteiger partial charge in [0, 0.05) is 38.9 Å². The number of benzene rings is 1. The Balaban J connectivity index is 0.00000241. The fourth-order valence-corrected chi connectivity index (χ4v) is 4.46. The van der Waals surface area contributed by atoms with Crippen LogP contribution in [-0.4, -0.2) is 65.9 Å². The number of nitrogens with one attached hydrogen (secondary N) is 1. The summed E-state index contributed by atoms with van der Waals surface area (Å²) in [5, 5.41) is 2.89. The van der Waals surface area contributed by atoms with Crippen LogP contribution in [0.3, 0.4) is 0 Å². The third-order valence-electron chi connectivity index (χ3n) is 6.50. The third-order valence-corrected chi connectivity index (χ3v) is 6.50. The maximum Gasteiger partial charge on any atom is 0.257 e. The van der Waals surface area contributed by atoms with Gasteiger partial charge in [-0.25, -0.2) is 4.98 Å². The van der Waals surface area contributed by atoms with Gasteiger partial charge >= 0.3 is 0 Å². The summed E-state index contributed by atoms with van der Waals surface area (Å²) in [5.41, 5.74) is 4.37. The van der Waals surface area contributed by atoms with Gasteiger partial charge in [-0.05, 0) is 57.9 Å². The summed E-state index contributed by atoms with van der Waals surface area (Å²) in [5.74, 6) is 0.142. The number of pyridine rings is 1. The van der Waals surface area contributed by atoms with Gasteiger partial charge in [-0.1, -0.05) is 35.4 Å². The molecule has 0 unspecified atom stereocenters. The average molecular weight is 547 g/mol. The van der Waals surface area contributed by atoms with Gasteiger partial charge in [0.1, 0.15) is 0 Å². The molecule has 0 aliphatic carbocycles. The highest BCUT2D eigenvalue weighted by Crippen LogP contribution is 2.36. The number of allylic oxidation sites excluding steroid dienone is 3. The van der Waals surface area contributed by atoms with Crippen molar-refractivity contribution in [3.8, 4) is 0 Å². The van der Waals surface area contributed by atoms with Gasteiger partial charge < -0.3 is 5.32 Å². The van der Waals surface area contributed by atoms with Crippen LogP contribution in [0.5, 0.6) is 0 Å². The minimum Gasteiger partial charge on any atom is -0.319 e. The van der Waals surface area contributed by atoms with E-state index in [4.69, 9.17) is 0 Å². The summed E-state index contributed by atoms with van der Waals surface area (Å²) < 4.78 is 0. The molecule has 0 radical (unpaired) electrons. The molecule has 1 saturated heterocycles. The standard InChI is InChI=1S/C28H35N5O2.2ClH/c1-21(2)8-6-9-22(3)13-15-31-16-18-32(19-17-31)20-26(34)33-25-12-5-4-10-23(25)28(35)30-24-11-7-14-29-27(24)33;;/h4-5,7-8,10-14H,6,9,15-20H2,1-3H3,(H,30,35);2*1H. The largest absolute Gasteiger partial charge is 0.319 e. The van der Waals surface area contributed by atoms with E-state index in [0.29, 0.717) is 22.8 Å². The van der Waals surface area contributed by atoms with Gasteiger partial charge in [0.2, 0.25) is 5.91 Å². The molecule has 2 aliphatic heterocycles. The zero-order chi connectivity index (χ0) is 24.8. The lowest BCUT2D eigenvalue weighted by Crippen LogP contribution is -2.49. The molecule has 0 saturated carbocycles. The van der Waals surface area contributed by atoms with Crippen molar-refractivity contribution in [3.05, 3.63) is 71.5 Å². The van der Waals surface area contributed by atoms with Gasteiger partial charge in [0.15, 0.2) is 5.82 Å². The highest BCUT2D eigenvalue weighted by Gasteiger charge is 2.31. The lowest BCUT2D eigenvalue weighted by Gasteiger charge is -2.35. The van der Waals surface area contributed by atoms with Crippen LogP contribution in [-0.2, 0) is 4.79 Å². The Kier molecular flexibility index (Phi) is 11.8. The molecule has 4 rings (SSSR count). The molecule has 3 heterocycles. The number of hydrogen-bond acceptors (Lipinski definition) is 5. The molecule has 0 atom stereocenters. The first-order chi connectivity index (χ1) is 16.9. The smallest absolute Gasteiger partial charge is 0.257 e. The van der Waals surface area contributed by atoms with Gasteiger partial charge in [0.25, 0.3) is 5.91 Å². The Labute approximate surface area is 232 Å². The first-order valence-corrected chi connectivity index (χ1v) is 12.3. The SMILES string of the molecule is CC(C)=CCCC(C)=CCN1CCN(CC(=O)N2c3ccccc3C(=O)Nc3cccnc32)CC1.Cl.Cl. The van der Waals surface area contributed by atoms with E-state index in [2.05, 4.69) is 53.0 Å². The Hall–Kier alpha value is -2.71. The monoisotopic (exact) mass is 545 g/mol. The Morgan fingerprint density at radius 3 is 2.41 bits per heavy atom. The number of para-hydroxylation sites is 1. The number of carbonyl (C=O) groups is 2. The molecule has 1 N–H and O–H groups in total. The number of hydrogen-bond donors (Lipinski definition) is 1. The summed E-state index contributed by atoms with van der Waals surface area (Å²) in [6.07, 6.45) is 8.46. The molecule has 0 spiro atoms. The van der Waals surface area contributed by atoms with Crippen molar-refractivity contribution >= 4 is 53.8 Å². The minimum absolute atomic E-state index is 0. The zero-order valence-corrected chi connectivity index (χ0v) is 23.4. The van der Waals surface area contributed by atoms with Crippen LogP contribution >= 0.6 is 24.8 Å². The molecule has 1 aromatic heterocycles. The maximum absolute atomic E-state index is 13.6. The molecule has 9 heteroatoms. The number of carbonyl (C=O) groups excluding carboxylic acids is 2. The van der Waals surface area contributed by atoms with Crippen LogP contribution in [0.2, 0.25) is 0 Å². The Bertz CT molecular complexity index is 1140.